The van der Waals surface area contributed by atoms with E-state index in [1.165, 1.54) is 0 Å². The molecule has 0 aliphatic carbocycles. The van der Waals surface area contributed by atoms with Gasteiger partial charge in [-0.3, -0.25) is 18.9 Å². The number of hydrogen-bond donors (Lipinski definition) is 3. The maximum Gasteiger partial charge on any atom is 0.330 e. The third-order valence-electron chi connectivity index (χ3n) is 4.52. The fourth-order valence-electron chi connectivity index (χ4n) is 2.97. The summed E-state index contributed by atoms with van der Waals surface area (Å²) in [5, 5.41) is 3.07. The van der Waals surface area contributed by atoms with Crippen LogP contribution >= 0.6 is 0 Å². The molecular weight excluding hydrogens is 360 g/mol. The molecule has 0 saturated carbocycles. The Morgan fingerprint density at radius 1 is 1.15 bits per heavy atom. The number of aromatic amines is 1. The van der Waals surface area contributed by atoms with E-state index in [-0.39, 0.29) is 18.7 Å². The Hall–Kier alpha value is -2.59. The van der Waals surface area contributed by atoms with Gasteiger partial charge in [-0.25, -0.2) is 4.79 Å². The van der Waals surface area contributed by atoms with Crippen LogP contribution in [0.4, 0.5) is 22.9 Å². The van der Waals surface area contributed by atoms with Crippen molar-refractivity contribution in [1.29, 1.82) is 0 Å². The van der Waals surface area contributed by atoms with Crippen LogP contribution in [0.2, 0.25) is 0 Å². The number of anilines is 4. The third-order valence-corrected chi connectivity index (χ3v) is 5.32. The number of rotatable bonds is 4. The van der Waals surface area contributed by atoms with E-state index in [1.807, 2.05) is 26.0 Å². The number of fused-ring (bicyclic) bond motifs is 2. The first-order valence-corrected chi connectivity index (χ1v) is 9.63. The smallest absolute Gasteiger partial charge is 0.330 e. The first-order valence-electron chi connectivity index (χ1n) is 8.03. The molecule has 140 valence electrons. The van der Waals surface area contributed by atoms with Crippen LogP contribution in [0.5, 0.6) is 0 Å². The predicted octanol–water partition coefficient (Wildman–Crippen LogP) is 1.26. The van der Waals surface area contributed by atoms with Gasteiger partial charge >= 0.3 is 5.69 Å². The molecule has 10 heteroatoms. The number of aryl methyl sites for hydroxylation is 2. The molecule has 0 amide bonds. The summed E-state index contributed by atoms with van der Waals surface area (Å²) >= 11 is 0. The molecule has 0 atom stereocenters. The molecule has 26 heavy (non-hydrogen) atoms. The molecular formula is C16H20N4O5S. The van der Waals surface area contributed by atoms with Crippen molar-refractivity contribution in [2.75, 3.05) is 23.0 Å². The molecule has 2 heterocycles. The van der Waals surface area contributed by atoms with E-state index in [0.717, 1.165) is 27.1 Å². The molecule has 2 aromatic rings. The van der Waals surface area contributed by atoms with Gasteiger partial charge in [-0.2, -0.15) is 8.42 Å². The molecule has 1 aromatic heterocycles. The van der Waals surface area contributed by atoms with E-state index in [0.29, 0.717) is 5.82 Å². The molecule has 3 rings (SSSR count). The molecule has 1 aromatic carbocycles. The van der Waals surface area contributed by atoms with Crippen molar-refractivity contribution < 1.29 is 13.0 Å². The fourth-order valence-corrected chi connectivity index (χ4v) is 3.46. The minimum absolute atomic E-state index is 0.0503. The summed E-state index contributed by atoms with van der Waals surface area (Å²) in [5.41, 5.74) is 2.76. The zero-order chi connectivity index (χ0) is 19.2. The van der Waals surface area contributed by atoms with Crippen molar-refractivity contribution in [3.8, 4) is 0 Å². The first-order chi connectivity index (χ1) is 12.1. The highest BCUT2D eigenvalue weighted by molar-refractivity contribution is 7.85. The quantitative estimate of drug-likeness (QED) is 0.682. The maximum atomic E-state index is 12.7. The lowest BCUT2D eigenvalue weighted by molar-refractivity contribution is 0.477. The number of aromatic nitrogens is 2. The van der Waals surface area contributed by atoms with Gasteiger partial charge in [-0.1, -0.05) is 0 Å². The summed E-state index contributed by atoms with van der Waals surface area (Å²) in [4.78, 5) is 29.4. The van der Waals surface area contributed by atoms with Gasteiger partial charge in [0, 0.05) is 13.6 Å². The van der Waals surface area contributed by atoms with Crippen molar-refractivity contribution >= 4 is 33.0 Å². The van der Waals surface area contributed by atoms with Crippen LogP contribution in [-0.2, 0) is 16.7 Å². The van der Waals surface area contributed by atoms with Gasteiger partial charge in [0.25, 0.3) is 15.7 Å². The van der Waals surface area contributed by atoms with Crippen molar-refractivity contribution in [2.45, 2.75) is 26.8 Å². The highest BCUT2D eigenvalue weighted by atomic mass is 32.2. The SMILES string of the molecule is Cc1cc2c(cc1C)N(C)c1[nH]c(=O)n(CCCS(=O)(=O)O)c(=O)c1N2. The predicted molar refractivity (Wildman–Crippen MR) is 99.6 cm³/mol. The average molecular weight is 380 g/mol. The van der Waals surface area contributed by atoms with Gasteiger partial charge in [0.15, 0.2) is 0 Å². The summed E-state index contributed by atoms with van der Waals surface area (Å²) in [6.45, 7) is 3.83. The van der Waals surface area contributed by atoms with Gasteiger partial charge in [-0.15, -0.1) is 0 Å². The summed E-state index contributed by atoms with van der Waals surface area (Å²) in [6.07, 6.45) is -0.0503. The van der Waals surface area contributed by atoms with Gasteiger partial charge < -0.3 is 10.2 Å². The van der Waals surface area contributed by atoms with Gasteiger partial charge in [-0.05, 0) is 43.5 Å². The number of nitrogens with zero attached hydrogens (tertiary/aromatic N) is 2. The second kappa shape index (κ2) is 6.29. The van der Waals surface area contributed by atoms with Gasteiger partial charge in [0.05, 0.1) is 17.1 Å². The second-order valence-corrected chi connectivity index (χ2v) is 7.96. The fraction of sp³-hybridized carbons (Fsp3) is 0.375. The van der Waals surface area contributed by atoms with Crippen LogP contribution in [0.1, 0.15) is 17.5 Å². The van der Waals surface area contributed by atoms with Gasteiger partial charge in [0.1, 0.15) is 11.5 Å². The van der Waals surface area contributed by atoms with E-state index in [2.05, 4.69) is 10.3 Å². The standard InChI is InChI=1S/C16H20N4O5S/c1-9-7-11-12(8-10(9)2)19(3)14-13(17-11)15(21)20(16(22)18-14)5-4-6-26(23,24)25/h7-8,17H,4-6H2,1-3H3,(H,18,22)(H,23,24,25). The van der Waals surface area contributed by atoms with E-state index in [1.54, 1.807) is 11.9 Å². The van der Waals surface area contributed by atoms with Crippen LogP contribution in [0, 0.1) is 13.8 Å². The number of nitrogens with one attached hydrogen (secondary N) is 2. The molecule has 0 fully saturated rings. The second-order valence-electron chi connectivity index (χ2n) is 6.39. The molecule has 0 bridgehead atoms. The van der Waals surface area contributed by atoms with Crippen LogP contribution < -0.4 is 21.5 Å². The highest BCUT2D eigenvalue weighted by Crippen LogP contribution is 2.40. The lowest BCUT2D eigenvalue weighted by Gasteiger charge is -2.30. The van der Waals surface area contributed by atoms with Crippen LogP contribution in [0.3, 0.4) is 0 Å². The first kappa shape index (κ1) is 18.2. The molecule has 0 radical (unpaired) electrons. The van der Waals surface area contributed by atoms with Gasteiger partial charge in [0.2, 0.25) is 0 Å². The van der Waals surface area contributed by atoms with E-state index in [4.69, 9.17) is 4.55 Å². The Morgan fingerprint density at radius 2 is 1.81 bits per heavy atom. The van der Waals surface area contributed by atoms with E-state index < -0.39 is 27.1 Å². The minimum Gasteiger partial charge on any atom is -0.346 e. The lowest BCUT2D eigenvalue weighted by atomic mass is 10.1. The maximum absolute atomic E-state index is 12.7. The zero-order valence-electron chi connectivity index (χ0n) is 14.7. The number of H-pyrrole nitrogens is 1. The van der Waals surface area contributed by atoms with E-state index in [9.17, 15) is 18.0 Å². The summed E-state index contributed by atoms with van der Waals surface area (Å²) in [6, 6.07) is 3.90. The Bertz CT molecular complexity index is 1100. The van der Waals surface area contributed by atoms with Crippen molar-refractivity contribution in [3.05, 3.63) is 44.1 Å². The summed E-state index contributed by atoms with van der Waals surface area (Å²) in [5.74, 6) is -0.174. The van der Waals surface area contributed by atoms with Crippen LogP contribution in [0.25, 0.3) is 0 Å². The molecule has 1 aliphatic heterocycles. The summed E-state index contributed by atoms with van der Waals surface area (Å²) in [7, 11) is -2.39. The average Bonchev–Trinajstić information content (AvgIpc) is 2.53. The van der Waals surface area contributed by atoms with Crippen LogP contribution in [0.15, 0.2) is 21.7 Å². The Balaban J connectivity index is 2.03. The largest absolute Gasteiger partial charge is 0.346 e. The molecule has 0 saturated heterocycles. The zero-order valence-corrected chi connectivity index (χ0v) is 15.5. The number of hydrogen-bond acceptors (Lipinski definition) is 6. The van der Waals surface area contributed by atoms with Crippen molar-refractivity contribution in [2.24, 2.45) is 0 Å². The van der Waals surface area contributed by atoms with Crippen molar-refractivity contribution in [1.82, 2.24) is 9.55 Å². The Morgan fingerprint density at radius 3 is 2.46 bits per heavy atom. The topological polar surface area (TPSA) is 124 Å². The molecule has 0 spiro atoms. The highest BCUT2D eigenvalue weighted by Gasteiger charge is 2.25. The normalized spacial score (nSPS) is 13.2. The molecule has 3 N–H and O–H groups in total. The summed E-state index contributed by atoms with van der Waals surface area (Å²) < 4.78 is 31.4. The number of benzene rings is 1. The lowest BCUT2D eigenvalue weighted by Crippen LogP contribution is -2.39. The van der Waals surface area contributed by atoms with Crippen LogP contribution in [-0.4, -0.2) is 35.3 Å². The Kier molecular flexibility index (Phi) is 4.41. The molecule has 1 aliphatic rings. The minimum atomic E-state index is -4.15. The van der Waals surface area contributed by atoms with Crippen molar-refractivity contribution in [3.63, 3.8) is 0 Å². The molecule has 0 unspecified atom stereocenters. The molecule has 9 nitrogen and oxygen atoms in total. The Labute approximate surface area is 150 Å². The monoisotopic (exact) mass is 380 g/mol. The van der Waals surface area contributed by atoms with E-state index >= 15 is 0 Å². The third kappa shape index (κ3) is 3.25.